The molecule has 0 radical (unpaired) electrons. The molecule has 0 saturated carbocycles. The first kappa shape index (κ1) is 56.7. The number of carbonyl (C=O) groups excluding carboxylic acids is 1. The average molecular weight is 901 g/mol. The van der Waals surface area contributed by atoms with Crippen LogP contribution in [0.4, 0.5) is 0 Å². The first-order valence-corrected chi connectivity index (χ1v) is 15.9. The molecule has 62 heavy (non-hydrogen) atoms. The van der Waals surface area contributed by atoms with Crippen molar-refractivity contribution < 1.29 is 150 Å². The van der Waals surface area contributed by atoms with Gasteiger partial charge in [-0.15, -0.1) is 0 Å². The minimum atomic E-state index is -1.48. The molecule has 5 rings (SSSR count). The van der Waals surface area contributed by atoms with Gasteiger partial charge in [0.25, 0.3) is 0 Å². The summed E-state index contributed by atoms with van der Waals surface area (Å²) in [5, 5.41) is 87.3. The fourth-order valence-corrected chi connectivity index (χ4v) is 4.27. The van der Waals surface area contributed by atoms with E-state index in [4.69, 9.17) is 46.0 Å². The van der Waals surface area contributed by atoms with Gasteiger partial charge in [0.2, 0.25) is 0 Å². The van der Waals surface area contributed by atoms with Crippen LogP contribution in [0.5, 0.6) is 0 Å². The summed E-state index contributed by atoms with van der Waals surface area (Å²) in [7, 11) is 0. The predicted molar refractivity (Wildman–Crippen MR) is 211 cm³/mol. The Bertz CT molecular complexity index is 1890. The fourth-order valence-electron chi connectivity index (χ4n) is 4.27. The third-order valence-corrected chi connectivity index (χ3v) is 6.93. The average Bonchev–Trinajstić information content (AvgIpc) is 3.21. The van der Waals surface area contributed by atoms with E-state index in [1.165, 1.54) is 121 Å². The smallest absolute Gasteiger partial charge is 0.545 e. The molecule has 20 nitrogen and oxygen atoms in total. The van der Waals surface area contributed by atoms with E-state index in [9.17, 15) is 53.1 Å². The van der Waals surface area contributed by atoms with Crippen molar-refractivity contribution in [3.05, 3.63) is 177 Å². The molecule has 0 spiro atoms. The fraction of sp³-hybridized carbons (Fsp3) is 0. The standard InChI is InChI=1S/5C8H6O4.K.H4Si/c5*9-7(10)5-3-1-2-4-6(5)8(11)12;;/h5*1-4H,(H,9,10)(H,11,12);;1H4/q;;;;;+1;/p-1. The molecular formula is C40H33KO20Si. The molecule has 0 amide bonds. The maximum Gasteiger partial charge on any atom is 1.00 e. The molecule has 0 fully saturated rings. The number of carboxylic acid groups (broad SMARTS) is 10. The number of hydrogen-bond donors (Lipinski definition) is 9. The second-order valence-corrected chi connectivity index (χ2v) is 10.8. The van der Waals surface area contributed by atoms with Crippen molar-refractivity contribution in [2.75, 3.05) is 0 Å². The van der Waals surface area contributed by atoms with Gasteiger partial charge in [0.1, 0.15) is 0 Å². The third kappa shape index (κ3) is 18.3. The Labute approximate surface area is 395 Å². The molecule has 5 aromatic rings. The van der Waals surface area contributed by atoms with Gasteiger partial charge in [-0.2, -0.15) is 0 Å². The zero-order valence-electron chi connectivity index (χ0n) is 31.1. The van der Waals surface area contributed by atoms with Crippen LogP contribution in [0.3, 0.4) is 0 Å². The minimum Gasteiger partial charge on any atom is -0.545 e. The van der Waals surface area contributed by atoms with Crippen LogP contribution in [0, 0.1) is 0 Å². The molecule has 0 atom stereocenters. The van der Waals surface area contributed by atoms with Crippen LogP contribution in [0.15, 0.2) is 121 Å². The van der Waals surface area contributed by atoms with E-state index in [2.05, 4.69) is 0 Å². The van der Waals surface area contributed by atoms with Crippen LogP contribution < -0.4 is 56.5 Å². The van der Waals surface area contributed by atoms with Gasteiger partial charge >= 0.3 is 105 Å². The molecule has 0 saturated heterocycles. The van der Waals surface area contributed by atoms with E-state index in [0.717, 1.165) is 0 Å². The SMILES string of the molecule is O=C(O)c1ccccc1C(=O)O.O=C(O)c1ccccc1C(=O)O.O=C(O)c1ccccc1C(=O)O.O=C(O)c1ccccc1C(=O)O.O=C([O-])c1ccccc1C(=O)O.[K+].[SiH4]. The Kier molecular flexibility index (Phi) is 25.8. The maximum absolute atomic E-state index is 10.5. The van der Waals surface area contributed by atoms with Crippen LogP contribution in [0.2, 0.25) is 0 Å². The van der Waals surface area contributed by atoms with Crippen molar-refractivity contribution in [3.63, 3.8) is 0 Å². The zero-order chi connectivity index (χ0) is 45.7. The molecule has 0 heterocycles. The van der Waals surface area contributed by atoms with E-state index in [-0.39, 0.29) is 118 Å². The summed E-state index contributed by atoms with van der Waals surface area (Å²) in [6.45, 7) is 0. The van der Waals surface area contributed by atoms with Gasteiger partial charge in [0.15, 0.2) is 0 Å². The zero-order valence-corrected chi connectivity index (χ0v) is 34.2. The minimum absolute atomic E-state index is 0. The van der Waals surface area contributed by atoms with E-state index in [1.807, 2.05) is 0 Å². The Morgan fingerprint density at radius 1 is 0.258 bits per heavy atom. The van der Waals surface area contributed by atoms with Crippen LogP contribution in [-0.4, -0.2) is 117 Å². The Morgan fingerprint density at radius 2 is 0.355 bits per heavy atom. The topological polar surface area (TPSA) is 376 Å². The number of rotatable bonds is 10. The molecule has 22 heteroatoms. The largest absolute Gasteiger partial charge is 1.00 e. The van der Waals surface area contributed by atoms with Crippen LogP contribution >= 0.6 is 0 Å². The van der Waals surface area contributed by atoms with Gasteiger partial charge in [-0.1, -0.05) is 66.7 Å². The first-order chi connectivity index (χ1) is 28.1. The van der Waals surface area contributed by atoms with Crippen molar-refractivity contribution >= 4 is 70.7 Å². The van der Waals surface area contributed by atoms with Crippen molar-refractivity contribution in [2.45, 2.75) is 0 Å². The summed E-state index contributed by atoms with van der Waals surface area (Å²) in [6.07, 6.45) is 0. The number of benzene rings is 5. The van der Waals surface area contributed by atoms with Gasteiger partial charge in [0.05, 0.1) is 56.0 Å². The van der Waals surface area contributed by atoms with Crippen LogP contribution in [-0.2, 0) is 0 Å². The number of carboxylic acids is 10. The number of aromatic carboxylic acids is 10. The molecule has 9 N–H and O–H groups in total. The van der Waals surface area contributed by atoms with Gasteiger partial charge < -0.3 is 55.9 Å². The van der Waals surface area contributed by atoms with E-state index < -0.39 is 59.7 Å². The molecule has 318 valence electrons. The second-order valence-electron chi connectivity index (χ2n) is 10.8. The van der Waals surface area contributed by atoms with Gasteiger partial charge in [-0.05, 0) is 65.6 Å². The summed E-state index contributed by atoms with van der Waals surface area (Å²) >= 11 is 0. The second kappa shape index (κ2) is 28.2. The van der Waals surface area contributed by atoms with Crippen molar-refractivity contribution in [1.29, 1.82) is 0 Å². The summed E-state index contributed by atoms with van der Waals surface area (Å²) in [5.41, 5.74) is -2.07. The van der Waals surface area contributed by atoms with Crippen LogP contribution in [0.1, 0.15) is 104 Å². The van der Waals surface area contributed by atoms with Gasteiger partial charge in [-0.25, -0.2) is 43.2 Å². The van der Waals surface area contributed by atoms with Crippen molar-refractivity contribution in [1.82, 2.24) is 0 Å². The van der Waals surface area contributed by atoms with Gasteiger partial charge in [0, 0.05) is 5.56 Å². The quantitative estimate of drug-likeness (QED) is 0.0808. The Hall–Kier alpha value is -7.35. The molecule has 0 aromatic heterocycles. The molecule has 0 bridgehead atoms. The Balaban J connectivity index is 0. The molecular weight excluding hydrogens is 868 g/mol. The van der Waals surface area contributed by atoms with Crippen molar-refractivity contribution in [3.8, 4) is 0 Å². The van der Waals surface area contributed by atoms with Crippen LogP contribution in [0.25, 0.3) is 0 Å². The molecule has 0 aliphatic heterocycles. The van der Waals surface area contributed by atoms with Crippen molar-refractivity contribution in [2.24, 2.45) is 0 Å². The van der Waals surface area contributed by atoms with E-state index in [1.54, 1.807) is 0 Å². The first-order valence-electron chi connectivity index (χ1n) is 15.9. The summed E-state index contributed by atoms with van der Waals surface area (Å²) in [6, 6.07) is 27.2. The maximum atomic E-state index is 10.5. The molecule has 5 aromatic carbocycles. The summed E-state index contributed by atoms with van der Waals surface area (Å²) < 4.78 is 0. The number of carbonyl (C=O) groups is 10. The monoisotopic (exact) mass is 900 g/mol. The summed E-state index contributed by atoms with van der Waals surface area (Å²) in [5.74, 6) is -12.6. The molecule has 0 aliphatic rings. The Morgan fingerprint density at radius 3 is 0.435 bits per heavy atom. The van der Waals surface area contributed by atoms with E-state index >= 15 is 0 Å². The molecule has 0 aliphatic carbocycles. The summed E-state index contributed by atoms with van der Waals surface area (Å²) in [4.78, 5) is 104. The predicted octanol–water partition coefficient (Wildman–Crippen LogP) is -0.367. The van der Waals surface area contributed by atoms with Gasteiger partial charge in [-0.3, -0.25) is 0 Å². The normalized spacial score (nSPS) is 9.03. The number of hydrogen-bond acceptors (Lipinski definition) is 11. The molecule has 0 unspecified atom stereocenters. The van der Waals surface area contributed by atoms with E-state index in [0.29, 0.717) is 0 Å². The third-order valence-electron chi connectivity index (χ3n) is 6.93.